The average molecular weight is 264 g/mol. The van der Waals surface area contributed by atoms with Crippen LogP contribution in [0.5, 0.6) is 0 Å². The number of pyridine rings is 1. The number of hydrogen-bond donors (Lipinski definition) is 1. The highest BCUT2D eigenvalue weighted by Crippen LogP contribution is 2.10. The Morgan fingerprint density at radius 3 is 2.92 bits per heavy atom. The lowest BCUT2D eigenvalue weighted by molar-refractivity contribution is -0.115. The zero-order chi connectivity index (χ0) is 9.68. The van der Waals surface area contributed by atoms with Crippen molar-refractivity contribution in [1.82, 2.24) is 4.98 Å². The topological polar surface area (TPSA) is 42.0 Å². The molecule has 1 amide bonds. The van der Waals surface area contributed by atoms with Crippen LogP contribution in [0.15, 0.2) is 22.9 Å². The summed E-state index contributed by atoms with van der Waals surface area (Å²) in [6, 6.07) is 3.53. The largest absolute Gasteiger partial charge is 0.325 e. The minimum atomic E-state index is -0.0980. The summed E-state index contributed by atoms with van der Waals surface area (Å²) in [6.07, 6.45) is 1.90. The van der Waals surface area contributed by atoms with E-state index in [1.54, 1.807) is 18.3 Å². The van der Waals surface area contributed by atoms with Gasteiger partial charge in [-0.2, -0.15) is 0 Å². The summed E-state index contributed by atoms with van der Waals surface area (Å²) in [4.78, 5) is 15.0. The number of halogens is 2. The lowest BCUT2D eigenvalue weighted by Crippen LogP contribution is -2.11. The van der Waals surface area contributed by atoms with Crippen LogP contribution in [0.25, 0.3) is 0 Å². The quantitative estimate of drug-likeness (QED) is 0.672. The highest BCUT2D eigenvalue weighted by atomic mass is 79.9. The van der Waals surface area contributed by atoms with Crippen LogP contribution in [-0.4, -0.2) is 16.8 Å². The van der Waals surface area contributed by atoms with Gasteiger partial charge < -0.3 is 5.32 Å². The lowest BCUT2D eigenvalue weighted by atomic mass is 10.4. The van der Waals surface area contributed by atoms with Gasteiger partial charge in [0.2, 0.25) is 5.91 Å². The molecule has 0 aliphatic carbocycles. The first kappa shape index (κ1) is 10.5. The SMILES string of the molecule is O=C(CCCl)Nc1ccc(Br)nc1. The van der Waals surface area contributed by atoms with Gasteiger partial charge in [0.05, 0.1) is 11.9 Å². The first-order chi connectivity index (χ1) is 6.22. The standard InChI is InChI=1S/C8H8BrClN2O/c9-7-2-1-6(5-11-7)12-8(13)3-4-10/h1-2,5H,3-4H2,(H,12,13). The number of nitrogens with zero attached hydrogens (tertiary/aromatic N) is 1. The van der Waals surface area contributed by atoms with Gasteiger partial charge in [-0.25, -0.2) is 4.98 Å². The van der Waals surface area contributed by atoms with E-state index in [-0.39, 0.29) is 5.91 Å². The van der Waals surface area contributed by atoms with Gasteiger partial charge in [0.1, 0.15) is 4.60 Å². The Balaban J connectivity index is 2.54. The van der Waals surface area contributed by atoms with Crippen molar-refractivity contribution in [3.8, 4) is 0 Å². The number of amides is 1. The van der Waals surface area contributed by atoms with Crippen LogP contribution in [0.1, 0.15) is 6.42 Å². The van der Waals surface area contributed by atoms with Gasteiger partial charge in [-0.15, -0.1) is 11.6 Å². The van der Waals surface area contributed by atoms with Gasteiger partial charge in [-0.1, -0.05) is 0 Å². The monoisotopic (exact) mass is 262 g/mol. The van der Waals surface area contributed by atoms with Crippen LogP contribution in [0.4, 0.5) is 5.69 Å². The number of carbonyl (C=O) groups excluding carboxylic acids is 1. The van der Waals surface area contributed by atoms with E-state index in [1.807, 2.05) is 0 Å². The van der Waals surface area contributed by atoms with Crippen molar-refractivity contribution in [1.29, 1.82) is 0 Å². The molecule has 1 aromatic rings. The van der Waals surface area contributed by atoms with Crippen LogP contribution in [-0.2, 0) is 4.79 Å². The summed E-state index contributed by atoms with van der Waals surface area (Å²) in [6.45, 7) is 0. The molecule has 0 spiro atoms. The van der Waals surface area contributed by atoms with Crippen molar-refractivity contribution in [3.63, 3.8) is 0 Å². The molecule has 5 heteroatoms. The maximum absolute atomic E-state index is 11.1. The van der Waals surface area contributed by atoms with Crippen LogP contribution >= 0.6 is 27.5 Å². The second-order valence-electron chi connectivity index (χ2n) is 2.36. The lowest BCUT2D eigenvalue weighted by Gasteiger charge is -2.02. The molecule has 1 rings (SSSR count). The molecule has 0 radical (unpaired) electrons. The zero-order valence-corrected chi connectivity index (χ0v) is 9.10. The average Bonchev–Trinajstić information content (AvgIpc) is 2.09. The molecule has 70 valence electrons. The van der Waals surface area contributed by atoms with Gasteiger partial charge in [0, 0.05) is 12.3 Å². The zero-order valence-electron chi connectivity index (χ0n) is 6.76. The molecule has 0 fully saturated rings. The summed E-state index contributed by atoms with van der Waals surface area (Å²) >= 11 is 8.60. The fourth-order valence-electron chi connectivity index (χ4n) is 0.759. The fraction of sp³-hybridized carbons (Fsp3) is 0.250. The Bertz CT molecular complexity index is 289. The smallest absolute Gasteiger partial charge is 0.225 e. The van der Waals surface area contributed by atoms with Crippen LogP contribution in [0, 0.1) is 0 Å². The number of carbonyl (C=O) groups is 1. The third-order valence-electron chi connectivity index (χ3n) is 1.33. The van der Waals surface area contributed by atoms with Crippen molar-refractivity contribution < 1.29 is 4.79 Å². The number of aromatic nitrogens is 1. The maximum Gasteiger partial charge on any atom is 0.225 e. The van der Waals surface area contributed by atoms with E-state index in [2.05, 4.69) is 26.2 Å². The molecule has 0 unspecified atom stereocenters. The normalized spacial score (nSPS) is 9.69. The summed E-state index contributed by atoms with van der Waals surface area (Å²) in [5, 5.41) is 2.66. The van der Waals surface area contributed by atoms with E-state index in [0.717, 1.165) is 4.60 Å². The fourth-order valence-corrected chi connectivity index (χ4v) is 1.17. The van der Waals surface area contributed by atoms with Crippen molar-refractivity contribution in [3.05, 3.63) is 22.9 Å². The molecular formula is C8H8BrClN2O. The summed E-state index contributed by atoms with van der Waals surface area (Å²) < 4.78 is 0.739. The minimum Gasteiger partial charge on any atom is -0.325 e. The molecule has 0 bridgehead atoms. The predicted molar refractivity (Wildman–Crippen MR) is 55.9 cm³/mol. The van der Waals surface area contributed by atoms with Crippen molar-refractivity contribution >= 4 is 39.1 Å². The van der Waals surface area contributed by atoms with Crippen LogP contribution < -0.4 is 5.32 Å². The first-order valence-corrected chi connectivity index (χ1v) is 5.02. The minimum absolute atomic E-state index is 0.0980. The molecule has 0 atom stereocenters. The van der Waals surface area contributed by atoms with Crippen molar-refractivity contribution in [2.45, 2.75) is 6.42 Å². The predicted octanol–water partition coefficient (Wildman–Crippen LogP) is 2.41. The molecule has 1 aromatic heterocycles. The van der Waals surface area contributed by atoms with Gasteiger partial charge in [0.25, 0.3) is 0 Å². The van der Waals surface area contributed by atoms with Gasteiger partial charge in [-0.05, 0) is 28.1 Å². The third-order valence-corrected chi connectivity index (χ3v) is 1.99. The second-order valence-corrected chi connectivity index (χ2v) is 3.55. The van der Waals surface area contributed by atoms with E-state index in [9.17, 15) is 4.79 Å². The van der Waals surface area contributed by atoms with E-state index in [0.29, 0.717) is 18.0 Å². The molecule has 0 saturated carbocycles. The molecule has 3 nitrogen and oxygen atoms in total. The van der Waals surface area contributed by atoms with Crippen LogP contribution in [0.3, 0.4) is 0 Å². The molecule has 13 heavy (non-hydrogen) atoms. The van der Waals surface area contributed by atoms with Crippen molar-refractivity contribution in [2.24, 2.45) is 0 Å². The van der Waals surface area contributed by atoms with Crippen LogP contribution in [0.2, 0.25) is 0 Å². The Kier molecular flexibility index (Phi) is 4.18. The van der Waals surface area contributed by atoms with Crippen molar-refractivity contribution in [2.75, 3.05) is 11.2 Å². The number of alkyl halides is 1. The molecule has 1 heterocycles. The molecule has 0 saturated heterocycles. The molecule has 0 aliphatic heterocycles. The van der Waals surface area contributed by atoms with E-state index in [4.69, 9.17) is 11.6 Å². The van der Waals surface area contributed by atoms with Gasteiger partial charge >= 0.3 is 0 Å². The Labute approximate surface area is 89.6 Å². The van der Waals surface area contributed by atoms with Gasteiger partial charge in [-0.3, -0.25) is 4.79 Å². The summed E-state index contributed by atoms with van der Waals surface area (Å²) in [5.74, 6) is 0.231. The maximum atomic E-state index is 11.1. The molecule has 0 aromatic carbocycles. The van der Waals surface area contributed by atoms with E-state index in [1.165, 1.54) is 0 Å². The molecular weight excluding hydrogens is 255 g/mol. The highest BCUT2D eigenvalue weighted by molar-refractivity contribution is 9.10. The van der Waals surface area contributed by atoms with E-state index < -0.39 is 0 Å². The molecule has 0 aliphatic rings. The Morgan fingerprint density at radius 2 is 2.38 bits per heavy atom. The first-order valence-electron chi connectivity index (χ1n) is 3.70. The summed E-state index contributed by atoms with van der Waals surface area (Å²) in [5.41, 5.74) is 0.679. The molecule has 1 N–H and O–H groups in total. The Morgan fingerprint density at radius 1 is 1.62 bits per heavy atom. The summed E-state index contributed by atoms with van der Waals surface area (Å²) in [7, 11) is 0. The highest BCUT2D eigenvalue weighted by Gasteiger charge is 2.00. The third kappa shape index (κ3) is 3.74. The Hall–Kier alpha value is -0.610. The number of anilines is 1. The van der Waals surface area contributed by atoms with Gasteiger partial charge in [0.15, 0.2) is 0 Å². The van der Waals surface area contributed by atoms with E-state index >= 15 is 0 Å². The number of hydrogen-bond acceptors (Lipinski definition) is 2. The number of rotatable bonds is 3. The number of nitrogens with one attached hydrogen (secondary N) is 1. The second kappa shape index (κ2) is 5.19.